The molecule has 17 heavy (non-hydrogen) atoms. The first-order valence-electron chi connectivity index (χ1n) is 5.55. The molecule has 0 fully saturated rings. The molecule has 4 nitrogen and oxygen atoms in total. The van der Waals surface area contributed by atoms with Crippen LogP contribution in [0.2, 0.25) is 0 Å². The molecule has 0 bridgehead atoms. The molecule has 0 radical (unpaired) electrons. The summed E-state index contributed by atoms with van der Waals surface area (Å²) in [7, 11) is 0. The maximum Gasteiger partial charge on any atom is 0.307 e. The number of pyridine rings is 1. The fourth-order valence-electron chi connectivity index (χ4n) is 1.66. The summed E-state index contributed by atoms with van der Waals surface area (Å²) < 4.78 is 1.77. The molecule has 2 rings (SSSR count). The van der Waals surface area contributed by atoms with Crippen LogP contribution in [-0.4, -0.2) is 16.1 Å². The topological polar surface area (TPSA) is 46.9 Å². The van der Waals surface area contributed by atoms with Gasteiger partial charge in [-0.3, -0.25) is 9.36 Å². The molecule has 0 amide bonds. The number of anilines is 1. The van der Waals surface area contributed by atoms with Crippen LogP contribution in [0.3, 0.4) is 0 Å². The zero-order valence-electron chi connectivity index (χ0n) is 9.93. The van der Waals surface area contributed by atoms with Gasteiger partial charge in [-0.1, -0.05) is 17.4 Å². The van der Waals surface area contributed by atoms with Crippen LogP contribution < -0.4 is 10.2 Å². The highest BCUT2D eigenvalue weighted by Gasteiger charge is 2.07. The van der Waals surface area contributed by atoms with Crippen LogP contribution in [0.5, 0.6) is 0 Å². The summed E-state index contributed by atoms with van der Waals surface area (Å²) in [6.45, 7) is 5.37. The van der Waals surface area contributed by atoms with Crippen molar-refractivity contribution in [2.24, 2.45) is 0 Å². The number of nitrogens with one attached hydrogen (secondary N) is 1. The predicted octanol–water partition coefficient (Wildman–Crippen LogP) is 2.09. The Balaban J connectivity index is 2.33. The molecule has 0 atom stereocenters. The van der Waals surface area contributed by atoms with Gasteiger partial charge in [-0.05, 0) is 19.9 Å². The second-order valence-corrected chi connectivity index (χ2v) is 4.59. The third kappa shape index (κ3) is 2.55. The number of aromatic nitrogens is 2. The second-order valence-electron chi connectivity index (χ2n) is 3.77. The Labute approximate surface area is 104 Å². The molecule has 2 heterocycles. The Hall–Kier alpha value is -1.62. The van der Waals surface area contributed by atoms with Crippen LogP contribution in [-0.2, 0) is 6.54 Å². The Morgan fingerprint density at radius 2 is 2.35 bits per heavy atom. The summed E-state index contributed by atoms with van der Waals surface area (Å²) in [4.78, 5) is 16.0. The van der Waals surface area contributed by atoms with Crippen LogP contribution in [0.25, 0.3) is 0 Å². The highest BCUT2D eigenvalue weighted by atomic mass is 32.1. The van der Waals surface area contributed by atoms with Gasteiger partial charge in [0.2, 0.25) is 0 Å². The van der Waals surface area contributed by atoms with E-state index < -0.39 is 0 Å². The fraction of sp³-hybridized carbons (Fsp3) is 0.333. The molecule has 5 heteroatoms. The molecular formula is C12H15N3OS. The van der Waals surface area contributed by atoms with Gasteiger partial charge < -0.3 is 5.32 Å². The molecular weight excluding hydrogens is 234 g/mol. The zero-order chi connectivity index (χ0) is 12.3. The Bertz CT molecular complexity index is 559. The fourth-order valence-corrected chi connectivity index (χ4v) is 2.39. The summed E-state index contributed by atoms with van der Waals surface area (Å²) in [6.07, 6.45) is 1.75. The van der Waals surface area contributed by atoms with Gasteiger partial charge in [-0.25, -0.2) is 4.98 Å². The van der Waals surface area contributed by atoms with Gasteiger partial charge in [-0.15, -0.1) is 0 Å². The number of nitrogens with zero attached hydrogens (tertiary/aromatic N) is 2. The standard InChI is InChI=1S/C12H15N3OS/c1-3-13-11-10(5-4-6-14-11)7-15-9(2)8-17-12(15)16/h4-6,8H,3,7H2,1-2H3,(H,13,14). The van der Waals surface area contributed by atoms with Gasteiger partial charge in [0.1, 0.15) is 5.82 Å². The number of hydrogen-bond acceptors (Lipinski definition) is 4. The van der Waals surface area contributed by atoms with Crippen molar-refractivity contribution in [1.29, 1.82) is 0 Å². The van der Waals surface area contributed by atoms with E-state index in [1.807, 2.05) is 31.4 Å². The minimum atomic E-state index is 0.0776. The van der Waals surface area contributed by atoms with Gasteiger partial charge in [0.05, 0.1) is 6.54 Å². The predicted molar refractivity (Wildman–Crippen MR) is 70.8 cm³/mol. The molecule has 0 aliphatic heterocycles. The zero-order valence-corrected chi connectivity index (χ0v) is 10.8. The second kappa shape index (κ2) is 5.14. The minimum Gasteiger partial charge on any atom is -0.370 e. The molecule has 0 aliphatic rings. The molecule has 0 aromatic carbocycles. The molecule has 0 saturated heterocycles. The van der Waals surface area contributed by atoms with Crippen molar-refractivity contribution in [3.8, 4) is 0 Å². The van der Waals surface area contributed by atoms with Crippen molar-refractivity contribution in [1.82, 2.24) is 9.55 Å². The van der Waals surface area contributed by atoms with Gasteiger partial charge in [0, 0.05) is 29.4 Å². The van der Waals surface area contributed by atoms with Crippen molar-refractivity contribution in [2.45, 2.75) is 20.4 Å². The number of hydrogen-bond donors (Lipinski definition) is 1. The number of aryl methyl sites for hydroxylation is 1. The van der Waals surface area contributed by atoms with Crippen LogP contribution >= 0.6 is 11.3 Å². The average molecular weight is 249 g/mol. The molecule has 2 aromatic rings. The Morgan fingerprint density at radius 1 is 1.53 bits per heavy atom. The van der Waals surface area contributed by atoms with E-state index in [9.17, 15) is 4.79 Å². The lowest BCUT2D eigenvalue weighted by Gasteiger charge is -2.10. The van der Waals surface area contributed by atoms with E-state index in [1.54, 1.807) is 10.8 Å². The Kier molecular flexibility index (Phi) is 3.58. The smallest absolute Gasteiger partial charge is 0.307 e. The summed E-state index contributed by atoms with van der Waals surface area (Å²) in [5.41, 5.74) is 2.03. The first-order chi connectivity index (χ1) is 8.22. The molecule has 2 aromatic heterocycles. The highest BCUT2D eigenvalue weighted by Crippen LogP contribution is 2.13. The third-order valence-corrected chi connectivity index (χ3v) is 3.42. The lowest BCUT2D eigenvalue weighted by molar-refractivity contribution is 0.752. The van der Waals surface area contributed by atoms with E-state index in [0.29, 0.717) is 6.54 Å². The Morgan fingerprint density at radius 3 is 3.00 bits per heavy atom. The molecule has 0 aliphatic carbocycles. The van der Waals surface area contributed by atoms with Crippen LogP contribution in [0.4, 0.5) is 5.82 Å². The van der Waals surface area contributed by atoms with Gasteiger partial charge in [0.25, 0.3) is 0 Å². The highest BCUT2D eigenvalue weighted by molar-refractivity contribution is 7.07. The SMILES string of the molecule is CCNc1ncccc1Cn1c(C)csc1=O. The number of rotatable bonds is 4. The minimum absolute atomic E-state index is 0.0776. The van der Waals surface area contributed by atoms with Crippen molar-refractivity contribution < 1.29 is 0 Å². The molecule has 0 saturated carbocycles. The summed E-state index contributed by atoms with van der Waals surface area (Å²) in [5.74, 6) is 0.854. The van der Waals surface area contributed by atoms with E-state index in [-0.39, 0.29) is 4.87 Å². The van der Waals surface area contributed by atoms with Gasteiger partial charge >= 0.3 is 4.87 Å². The van der Waals surface area contributed by atoms with Crippen molar-refractivity contribution in [3.63, 3.8) is 0 Å². The first kappa shape index (κ1) is 11.9. The van der Waals surface area contributed by atoms with E-state index in [1.165, 1.54) is 11.3 Å². The maximum absolute atomic E-state index is 11.7. The van der Waals surface area contributed by atoms with E-state index in [0.717, 1.165) is 23.6 Å². The molecule has 0 unspecified atom stereocenters. The lowest BCUT2D eigenvalue weighted by atomic mass is 10.2. The van der Waals surface area contributed by atoms with E-state index >= 15 is 0 Å². The number of thiazole rings is 1. The van der Waals surface area contributed by atoms with Crippen LogP contribution in [0.15, 0.2) is 28.5 Å². The van der Waals surface area contributed by atoms with Gasteiger partial charge in [0.15, 0.2) is 0 Å². The molecule has 0 spiro atoms. The van der Waals surface area contributed by atoms with Crippen molar-refractivity contribution in [3.05, 3.63) is 44.6 Å². The van der Waals surface area contributed by atoms with Crippen LogP contribution in [0, 0.1) is 6.92 Å². The van der Waals surface area contributed by atoms with E-state index in [2.05, 4.69) is 10.3 Å². The summed E-state index contributed by atoms with van der Waals surface area (Å²) in [5, 5.41) is 5.08. The molecule has 90 valence electrons. The van der Waals surface area contributed by atoms with Crippen molar-refractivity contribution >= 4 is 17.2 Å². The molecule has 1 N–H and O–H groups in total. The summed E-state index contributed by atoms with van der Waals surface area (Å²) in [6, 6.07) is 3.89. The third-order valence-electron chi connectivity index (χ3n) is 2.54. The largest absolute Gasteiger partial charge is 0.370 e. The first-order valence-corrected chi connectivity index (χ1v) is 6.43. The normalized spacial score (nSPS) is 10.5. The van der Waals surface area contributed by atoms with Gasteiger partial charge in [-0.2, -0.15) is 0 Å². The average Bonchev–Trinajstić information content (AvgIpc) is 2.64. The van der Waals surface area contributed by atoms with E-state index in [4.69, 9.17) is 0 Å². The summed E-state index contributed by atoms with van der Waals surface area (Å²) >= 11 is 1.24. The lowest BCUT2D eigenvalue weighted by Crippen LogP contribution is -2.16. The van der Waals surface area contributed by atoms with Crippen LogP contribution in [0.1, 0.15) is 18.2 Å². The maximum atomic E-state index is 11.7. The monoisotopic (exact) mass is 249 g/mol. The van der Waals surface area contributed by atoms with Crippen molar-refractivity contribution in [2.75, 3.05) is 11.9 Å². The quantitative estimate of drug-likeness (QED) is 0.902.